The largest absolute Gasteiger partial charge is 0.380 e. The molecule has 3 N–H and O–H groups in total. The van der Waals surface area contributed by atoms with Crippen molar-refractivity contribution < 1.29 is 19.8 Å². The van der Waals surface area contributed by atoms with Gasteiger partial charge in [-0.3, -0.25) is 14.6 Å². The fraction of sp³-hybridized carbons (Fsp3) is 0.450. The molecule has 3 unspecified atom stereocenters. The van der Waals surface area contributed by atoms with Crippen molar-refractivity contribution in [2.75, 3.05) is 13.1 Å². The van der Waals surface area contributed by atoms with Crippen LogP contribution in [0, 0.1) is 0 Å². The molecule has 0 bridgehead atoms. The molecule has 1 aromatic heterocycles. The Hall–Kier alpha value is -2.29. The first-order valence-electron chi connectivity index (χ1n) is 9.44. The van der Waals surface area contributed by atoms with Gasteiger partial charge in [0.2, 0.25) is 0 Å². The smallest absolute Gasteiger partial charge is 0.255 e. The molecule has 7 nitrogen and oxygen atoms in total. The SMILES string of the molecule is O=C(NCCc1cccs1)C(O)C(O)C(=O)N1CCCC1C1=CC=CCC=N1. The van der Waals surface area contributed by atoms with Crippen LogP contribution >= 0.6 is 11.3 Å². The topological polar surface area (TPSA) is 102 Å². The van der Waals surface area contributed by atoms with E-state index in [1.807, 2.05) is 35.7 Å². The van der Waals surface area contributed by atoms with Gasteiger partial charge in [-0.25, -0.2) is 0 Å². The molecule has 0 aliphatic carbocycles. The summed E-state index contributed by atoms with van der Waals surface area (Å²) >= 11 is 1.58. The summed E-state index contributed by atoms with van der Waals surface area (Å²) in [6.07, 6.45) is 6.79. The minimum absolute atomic E-state index is 0.254. The normalized spacial score (nSPS) is 21.1. The number of likely N-dealkylation sites (tertiary alicyclic amines) is 1. The third kappa shape index (κ3) is 4.95. The first-order chi connectivity index (χ1) is 13.6. The van der Waals surface area contributed by atoms with Crippen molar-refractivity contribution in [1.82, 2.24) is 10.2 Å². The molecule has 2 aliphatic heterocycles. The van der Waals surface area contributed by atoms with Crippen LogP contribution in [0.5, 0.6) is 0 Å². The fourth-order valence-electron chi connectivity index (χ4n) is 3.36. The van der Waals surface area contributed by atoms with Gasteiger partial charge in [-0.2, -0.15) is 0 Å². The van der Waals surface area contributed by atoms with E-state index < -0.39 is 24.0 Å². The van der Waals surface area contributed by atoms with Crippen molar-refractivity contribution in [3.8, 4) is 0 Å². The number of hydrogen-bond acceptors (Lipinski definition) is 6. The van der Waals surface area contributed by atoms with Crippen LogP contribution in [-0.4, -0.2) is 64.5 Å². The summed E-state index contributed by atoms with van der Waals surface area (Å²) in [5, 5.41) is 25.0. The van der Waals surface area contributed by atoms with Gasteiger partial charge in [-0.05, 0) is 36.8 Å². The van der Waals surface area contributed by atoms with Gasteiger partial charge >= 0.3 is 0 Å². The highest BCUT2D eigenvalue weighted by Gasteiger charge is 2.39. The third-order valence-corrected chi connectivity index (χ3v) is 5.77. The highest BCUT2D eigenvalue weighted by molar-refractivity contribution is 7.09. The molecule has 1 saturated heterocycles. The second-order valence-corrected chi connectivity index (χ2v) is 7.80. The minimum Gasteiger partial charge on any atom is -0.380 e. The van der Waals surface area contributed by atoms with Crippen molar-refractivity contribution in [3.63, 3.8) is 0 Å². The van der Waals surface area contributed by atoms with Crippen LogP contribution < -0.4 is 5.32 Å². The van der Waals surface area contributed by atoms with Crippen molar-refractivity contribution in [2.24, 2.45) is 4.99 Å². The fourth-order valence-corrected chi connectivity index (χ4v) is 4.07. The van der Waals surface area contributed by atoms with E-state index in [-0.39, 0.29) is 6.04 Å². The van der Waals surface area contributed by atoms with E-state index in [1.165, 1.54) is 4.90 Å². The lowest BCUT2D eigenvalue weighted by Crippen LogP contribution is -2.52. The number of rotatable bonds is 7. The summed E-state index contributed by atoms with van der Waals surface area (Å²) in [4.78, 5) is 31.9. The summed E-state index contributed by atoms with van der Waals surface area (Å²) < 4.78 is 0. The Labute approximate surface area is 168 Å². The van der Waals surface area contributed by atoms with E-state index in [9.17, 15) is 19.8 Å². The number of carbonyl (C=O) groups is 2. The average Bonchev–Trinajstić information content (AvgIpc) is 3.33. The lowest BCUT2D eigenvalue weighted by Gasteiger charge is -2.28. The molecule has 1 fully saturated rings. The summed E-state index contributed by atoms with van der Waals surface area (Å²) in [5.74, 6) is -1.39. The quantitative estimate of drug-likeness (QED) is 0.633. The number of aliphatic hydroxyl groups excluding tert-OH is 2. The highest BCUT2D eigenvalue weighted by Crippen LogP contribution is 2.26. The predicted molar refractivity (Wildman–Crippen MR) is 108 cm³/mol. The maximum atomic E-state index is 12.7. The van der Waals surface area contributed by atoms with Gasteiger partial charge in [0.25, 0.3) is 11.8 Å². The molecule has 0 spiro atoms. The molecule has 1 aromatic rings. The number of hydrogen-bond donors (Lipinski definition) is 3. The second-order valence-electron chi connectivity index (χ2n) is 6.77. The number of allylic oxidation sites excluding steroid dienone is 3. The Kier molecular flexibility index (Phi) is 7.13. The maximum Gasteiger partial charge on any atom is 0.255 e. The number of thiophene rings is 1. The number of aliphatic imine (C=N–C) groups is 1. The zero-order valence-electron chi connectivity index (χ0n) is 15.5. The standard InChI is InChI=1S/C20H25N3O4S/c24-17(19(26)22-11-9-14-6-5-13-28-14)18(25)20(27)23-12-4-8-16(23)15-7-2-1-3-10-21-15/h1-2,5-7,10,13,16-18,24-25H,3-4,8-9,11-12H2,(H,22,26). The van der Waals surface area contributed by atoms with Gasteiger partial charge in [0.1, 0.15) is 0 Å². The van der Waals surface area contributed by atoms with E-state index in [2.05, 4.69) is 10.3 Å². The lowest BCUT2D eigenvalue weighted by atomic mass is 10.1. The van der Waals surface area contributed by atoms with Gasteiger partial charge in [-0.15, -0.1) is 11.3 Å². The molecule has 2 aliphatic rings. The molecule has 3 rings (SSSR count). The molecule has 28 heavy (non-hydrogen) atoms. The molecule has 150 valence electrons. The van der Waals surface area contributed by atoms with Crippen molar-refractivity contribution in [2.45, 2.75) is 43.9 Å². The summed E-state index contributed by atoms with van der Waals surface area (Å²) in [7, 11) is 0. The molecule has 3 atom stereocenters. The predicted octanol–water partition coefficient (Wildman–Crippen LogP) is 1.03. The lowest BCUT2D eigenvalue weighted by molar-refractivity contribution is -0.153. The van der Waals surface area contributed by atoms with Gasteiger partial charge in [-0.1, -0.05) is 18.2 Å². The maximum absolute atomic E-state index is 12.7. The first-order valence-corrected chi connectivity index (χ1v) is 10.3. The van der Waals surface area contributed by atoms with Gasteiger partial charge < -0.3 is 20.4 Å². The number of nitrogens with zero attached hydrogens (tertiary/aromatic N) is 2. The Bertz CT molecular complexity index is 772. The van der Waals surface area contributed by atoms with Crippen LogP contribution in [0.15, 0.2) is 46.4 Å². The zero-order chi connectivity index (χ0) is 19.9. The molecule has 8 heteroatoms. The average molecular weight is 404 g/mol. The number of aliphatic hydroxyl groups is 2. The van der Waals surface area contributed by atoms with E-state index in [0.717, 1.165) is 29.8 Å². The molecule has 0 saturated carbocycles. The van der Waals surface area contributed by atoms with Gasteiger partial charge in [0.05, 0.1) is 11.7 Å². The Balaban J connectivity index is 1.56. The minimum atomic E-state index is -1.80. The Morgan fingerprint density at radius 2 is 2.21 bits per heavy atom. The summed E-state index contributed by atoms with van der Waals surface area (Å²) in [6.45, 7) is 0.793. The van der Waals surface area contributed by atoms with E-state index in [1.54, 1.807) is 17.6 Å². The number of amides is 2. The Morgan fingerprint density at radius 3 is 3.00 bits per heavy atom. The van der Waals surface area contributed by atoms with Crippen LogP contribution in [0.3, 0.4) is 0 Å². The van der Waals surface area contributed by atoms with Crippen LogP contribution in [0.25, 0.3) is 0 Å². The van der Waals surface area contributed by atoms with E-state index >= 15 is 0 Å². The first kappa shape index (κ1) is 20.4. The van der Waals surface area contributed by atoms with E-state index in [0.29, 0.717) is 19.5 Å². The molecule has 0 radical (unpaired) electrons. The van der Waals surface area contributed by atoms with Crippen molar-refractivity contribution >= 4 is 29.4 Å². The van der Waals surface area contributed by atoms with E-state index in [4.69, 9.17) is 0 Å². The van der Waals surface area contributed by atoms with Crippen LogP contribution in [-0.2, 0) is 16.0 Å². The molecular formula is C20H25N3O4S. The van der Waals surface area contributed by atoms with Gasteiger partial charge in [0, 0.05) is 30.6 Å². The second kappa shape index (κ2) is 9.77. The number of carbonyl (C=O) groups excluding carboxylic acids is 2. The van der Waals surface area contributed by atoms with Crippen LogP contribution in [0.2, 0.25) is 0 Å². The highest BCUT2D eigenvalue weighted by atomic mass is 32.1. The zero-order valence-corrected chi connectivity index (χ0v) is 16.3. The Morgan fingerprint density at radius 1 is 1.36 bits per heavy atom. The summed E-state index contributed by atoms with van der Waals surface area (Å²) in [6, 6.07) is 3.63. The number of nitrogens with one attached hydrogen (secondary N) is 1. The van der Waals surface area contributed by atoms with Gasteiger partial charge in [0.15, 0.2) is 12.2 Å². The van der Waals surface area contributed by atoms with Crippen LogP contribution in [0.1, 0.15) is 24.1 Å². The van der Waals surface area contributed by atoms with Crippen molar-refractivity contribution in [3.05, 3.63) is 46.3 Å². The third-order valence-electron chi connectivity index (χ3n) is 4.83. The molecule has 2 amide bonds. The summed E-state index contributed by atoms with van der Waals surface area (Å²) in [5.41, 5.74) is 0.752. The van der Waals surface area contributed by atoms with Crippen molar-refractivity contribution in [1.29, 1.82) is 0 Å². The molecule has 0 aromatic carbocycles. The molecule has 3 heterocycles. The molecular weight excluding hydrogens is 378 g/mol. The monoisotopic (exact) mass is 403 g/mol. The van der Waals surface area contributed by atoms with Crippen LogP contribution in [0.4, 0.5) is 0 Å².